The van der Waals surface area contributed by atoms with E-state index in [0.29, 0.717) is 22.9 Å². The predicted octanol–water partition coefficient (Wildman–Crippen LogP) is 4.86. The number of benzene rings is 1. The van der Waals surface area contributed by atoms with Gasteiger partial charge in [-0.15, -0.1) is 0 Å². The van der Waals surface area contributed by atoms with E-state index in [0.717, 1.165) is 12.8 Å². The molecule has 2 nitrogen and oxygen atoms in total. The first-order chi connectivity index (χ1) is 9.15. The van der Waals surface area contributed by atoms with E-state index in [1.54, 1.807) is 12.1 Å². The molecular weight excluding hydrogens is 286 g/mol. The van der Waals surface area contributed by atoms with E-state index in [4.69, 9.17) is 23.2 Å². The second-order valence-corrected chi connectivity index (χ2v) is 5.39. The van der Waals surface area contributed by atoms with Gasteiger partial charge in [0.05, 0.1) is 5.56 Å². The molecule has 19 heavy (non-hydrogen) atoms. The zero-order valence-electron chi connectivity index (χ0n) is 10.0. The maximum Gasteiger partial charge on any atom is 0.142 e. The minimum Gasteiger partial charge on any atom is -0.220 e. The highest BCUT2D eigenvalue weighted by atomic mass is 35.5. The predicted molar refractivity (Wildman–Crippen MR) is 74.0 cm³/mol. The van der Waals surface area contributed by atoms with E-state index in [2.05, 4.69) is 9.97 Å². The van der Waals surface area contributed by atoms with Gasteiger partial charge in [0.1, 0.15) is 21.9 Å². The molecule has 98 valence electrons. The minimum atomic E-state index is -0.340. The van der Waals surface area contributed by atoms with Crippen molar-refractivity contribution >= 4 is 23.2 Å². The van der Waals surface area contributed by atoms with Crippen LogP contribution < -0.4 is 0 Å². The topological polar surface area (TPSA) is 25.8 Å². The van der Waals surface area contributed by atoms with Crippen molar-refractivity contribution in [2.45, 2.75) is 25.2 Å². The fourth-order valence-electron chi connectivity index (χ4n) is 2.15. The summed E-state index contributed by atoms with van der Waals surface area (Å²) >= 11 is 12.4. The minimum absolute atomic E-state index is 0.285. The molecule has 1 aromatic carbocycles. The maximum absolute atomic E-state index is 13.3. The van der Waals surface area contributed by atoms with Gasteiger partial charge in [0.2, 0.25) is 0 Å². The Hall–Kier alpha value is -1.19. The van der Waals surface area contributed by atoms with Crippen LogP contribution in [0, 0.1) is 5.82 Å². The zero-order chi connectivity index (χ0) is 13.4. The summed E-state index contributed by atoms with van der Waals surface area (Å²) in [7, 11) is 0. The van der Waals surface area contributed by atoms with Crippen LogP contribution in [0.25, 0.3) is 11.1 Å². The van der Waals surface area contributed by atoms with Crippen molar-refractivity contribution in [3.63, 3.8) is 0 Å². The summed E-state index contributed by atoms with van der Waals surface area (Å²) in [6.07, 6.45) is 3.34. The van der Waals surface area contributed by atoms with Crippen molar-refractivity contribution in [3.8, 4) is 11.1 Å². The lowest BCUT2D eigenvalue weighted by atomic mass is 9.85. The SMILES string of the molecule is Fc1cccc(-c2c(Cl)nc(C3CCC3)nc2Cl)c1. The summed E-state index contributed by atoms with van der Waals surface area (Å²) in [6, 6.07) is 6.09. The van der Waals surface area contributed by atoms with Gasteiger partial charge in [0, 0.05) is 5.92 Å². The summed E-state index contributed by atoms with van der Waals surface area (Å²) in [5, 5.41) is 0.569. The number of hydrogen-bond acceptors (Lipinski definition) is 2. The highest BCUT2D eigenvalue weighted by molar-refractivity contribution is 6.37. The highest BCUT2D eigenvalue weighted by Crippen LogP contribution is 2.38. The molecule has 0 bridgehead atoms. The largest absolute Gasteiger partial charge is 0.220 e. The van der Waals surface area contributed by atoms with E-state index in [-0.39, 0.29) is 16.1 Å². The zero-order valence-corrected chi connectivity index (χ0v) is 11.5. The molecule has 5 heteroatoms. The summed E-state index contributed by atoms with van der Waals surface area (Å²) in [4.78, 5) is 8.62. The van der Waals surface area contributed by atoms with E-state index < -0.39 is 0 Å². The highest BCUT2D eigenvalue weighted by Gasteiger charge is 2.24. The molecule has 0 amide bonds. The van der Waals surface area contributed by atoms with Gasteiger partial charge in [-0.3, -0.25) is 0 Å². The Labute approximate surface area is 120 Å². The molecule has 0 saturated heterocycles. The molecule has 0 N–H and O–H groups in total. The summed E-state index contributed by atoms with van der Waals surface area (Å²) in [6.45, 7) is 0. The molecule has 0 unspecified atom stereocenters. The van der Waals surface area contributed by atoms with Crippen molar-refractivity contribution in [1.82, 2.24) is 9.97 Å². The van der Waals surface area contributed by atoms with E-state index in [1.807, 2.05) is 0 Å². The van der Waals surface area contributed by atoms with Crippen molar-refractivity contribution in [2.75, 3.05) is 0 Å². The van der Waals surface area contributed by atoms with Gasteiger partial charge in [-0.1, -0.05) is 41.8 Å². The van der Waals surface area contributed by atoms with Gasteiger partial charge in [-0.2, -0.15) is 0 Å². The van der Waals surface area contributed by atoms with Crippen molar-refractivity contribution in [2.24, 2.45) is 0 Å². The Kier molecular flexibility index (Phi) is 3.42. The lowest BCUT2D eigenvalue weighted by molar-refractivity contribution is 0.401. The van der Waals surface area contributed by atoms with Crippen LogP contribution >= 0.6 is 23.2 Å². The molecule has 1 saturated carbocycles. The lowest BCUT2D eigenvalue weighted by Crippen LogP contribution is -2.13. The van der Waals surface area contributed by atoms with Gasteiger partial charge in [-0.05, 0) is 30.5 Å². The molecular formula is C14H11Cl2FN2. The number of nitrogens with zero attached hydrogens (tertiary/aromatic N) is 2. The van der Waals surface area contributed by atoms with Crippen LogP contribution in [0.5, 0.6) is 0 Å². The van der Waals surface area contributed by atoms with Crippen molar-refractivity contribution < 1.29 is 4.39 Å². The summed E-state index contributed by atoms with van der Waals surface area (Å²) in [5.74, 6) is 0.714. The molecule has 0 radical (unpaired) electrons. The molecule has 3 rings (SSSR count). The molecule has 2 aromatic rings. The monoisotopic (exact) mass is 296 g/mol. The van der Waals surface area contributed by atoms with Crippen LogP contribution in [0.2, 0.25) is 10.3 Å². The average Bonchev–Trinajstić information content (AvgIpc) is 2.25. The Morgan fingerprint density at radius 2 is 1.79 bits per heavy atom. The number of rotatable bonds is 2. The van der Waals surface area contributed by atoms with Crippen molar-refractivity contribution in [1.29, 1.82) is 0 Å². The van der Waals surface area contributed by atoms with Crippen LogP contribution in [0.15, 0.2) is 24.3 Å². The fourth-order valence-corrected chi connectivity index (χ4v) is 2.77. The standard InChI is InChI=1S/C14H11Cl2FN2/c15-12-11(9-5-2-6-10(17)7-9)13(16)19-14(18-12)8-3-1-4-8/h2,5-8H,1,3-4H2. The van der Waals surface area contributed by atoms with Crippen molar-refractivity contribution in [3.05, 3.63) is 46.2 Å². The number of halogens is 3. The van der Waals surface area contributed by atoms with Gasteiger partial charge < -0.3 is 0 Å². The molecule has 1 aromatic heterocycles. The van der Waals surface area contributed by atoms with Crippen LogP contribution in [0.4, 0.5) is 4.39 Å². The second-order valence-electron chi connectivity index (χ2n) is 4.68. The molecule has 1 heterocycles. The van der Waals surface area contributed by atoms with Crippen LogP contribution in [-0.4, -0.2) is 9.97 Å². The third kappa shape index (κ3) is 2.45. The normalized spacial score (nSPS) is 15.3. The summed E-state index contributed by atoms with van der Waals surface area (Å²) < 4.78 is 13.3. The maximum atomic E-state index is 13.3. The first-order valence-corrected chi connectivity index (χ1v) is 6.89. The van der Waals surface area contributed by atoms with E-state index in [9.17, 15) is 4.39 Å². The molecule has 0 atom stereocenters. The van der Waals surface area contributed by atoms with Crippen LogP contribution in [-0.2, 0) is 0 Å². The third-order valence-electron chi connectivity index (χ3n) is 3.42. The third-order valence-corrected chi connectivity index (χ3v) is 3.97. The molecule has 1 fully saturated rings. The molecule has 0 aliphatic heterocycles. The lowest BCUT2D eigenvalue weighted by Gasteiger charge is -2.24. The van der Waals surface area contributed by atoms with Crippen LogP contribution in [0.1, 0.15) is 31.0 Å². The first-order valence-electron chi connectivity index (χ1n) is 6.14. The quantitative estimate of drug-likeness (QED) is 0.740. The molecule has 1 aliphatic carbocycles. The Bertz CT molecular complexity index is 604. The Morgan fingerprint density at radius 1 is 1.11 bits per heavy atom. The first kappa shape index (κ1) is 12.8. The molecule has 0 spiro atoms. The fraction of sp³-hybridized carbons (Fsp3) is 0.286. The van der Waals surface area contributed by atoms with Gasteiger partial charge in [0.15, 0.2) is 0 Å². The second kappa shape index (κ2) is 5.06. The molecule has 1 aliphatic rings. The number of aromatic nitrogens is 2. The number of hydrogen-bond donors (Lipinski definition) is 0. The van der Waals surface area contributed by atoms with Crippen LogP contribution in [0.3, 0.4) is 0 Å². The van der Waals surface area contributed by atoms with E-state index in [1.165, 1.54) is 18.6 Å². The Balaban J connectivity index is 2.06. The van der Waals surface area contributed by atoms with Gasteiger partial charge in [0.25, 0.3) is 0 Å². The average molecular weight is 297 g/mol. The van der Waals surface area contributed by atoms with Gasteiger partial charge >= 0.3 is 0 Å². The Morgan fingerprint density at radius 3 is 2.32 bits per heavy atom. The smallest absolute Gasteiger partial charge is 0.142 e. The van der Waals surface area contributed by atoms with E-state index >= 15 is 0 Å². The summed E-state index contributed by atoms with van der Waals surface area (Å²) in [5.41, 5.74) is 1.08. The van der Waals surface area contributed by atoms with Gasteiger partial charge in [-0.25, -0.2) is 14.4 Å².